The lowest BCUT2D eigenvalue weighted by Gasteiger charge is -2.11. The molecule has 0 saturated heterocycles. The molecule has 1 aromatic heterocycles. The van der Waals surface area contributed by atoms with Crippen molar-refractivity contribution in [3.8, 4) is 0 Å². The number of aliphatic hydroxyl groups excluding tert-OH is 1. The fourth-order valence-corrected chi connectivity index (χ4v) is 3.74. The first-order valence-corrected chi connectivity index (χ1v) is 9.49. The Labute approximate surface area is 163 Å². The van der Waals surface area contributed by atoms with Gasteiger partial charge < -0.3 is 20.3 Å². The Morgan fingerprint density at radius 1 is 0.929 bits per heavy atom. The normalized spacial score (nSPS) is 11.1. The van der Waals surface area contributed by atoms with Crippen molar-refractivity contribution in [2.75, 3.05) is 17.2 Å². The molecule has 0 fully saturated rings. The molecular weight excluding hydrogens is 350 g/mol. The summed E-state index contributed by atoms with van der Waals surface area (Å²) in [4.78, 5) is 12.5. The Kier molecular flexibility index (Phi) is 5.00. The van der Waals surface area contributed by atoms with Gasteiger partial charge >= 0.3 is 6.03 Å². The maximum atomic E-state index is 12.5. The minimum absolute atomic E-state index is 0.0402. The van der Waals surface area contributed by atoms with Crippen molar-refractivity contribution in [3.63, 3.8) is 0 Å². The van der Waals surface area contributed by atoms with Crippen LogP contribution in [0.4, 0.5) is 16.2 Å². The average Bonchev–Trinajstić information content (AvgIpc) is 3.03. The molecule has 5 nitrogen and oxygen atoms in total. The van der Waals surface area contributed by atoms with Crippen LogP contribution < -0.4 is 10.6 Å². The molecule has 5 heteroatoms. The highest BCUT2D eigenvalue weighted by atomic mass is 16.3. The molecule has 28 heavy (non-hydrogen) atoms. The Balaban J connectivity index is 1.62. The van der Waals surface area contributed by atoms with E-state index in [1.807, 2.05) is 54.6 Å². The second-order valence-corrected chi connectivity index (χ2v) is 6.70. The molecule has 0 radical (unpaired) electrons. The lowest BCUT2D eigenvalue weighted by atomic mass is 10.1. The molecule has 0 unspecified atom stereocenters. The first-order chi connectivity index (χ1) is 13.7. The molecule has 0 aliphatic heterocycles. The van der Waals surface area contributed by atoms with E-state index in [0.717, 1.165) is 28.7 Å². The number of nitrogens with zero attached hydrogens (tertiary/aromatic N) is 1. The van der Waals surface area contributed by atoms with E-state index in [4.69, 9.17) is 0 Å². The van der Waals surface area contributed by atoms with Gasteiger partial charge in [-0.2, -0.15) is 0 Å². The summed E-state index contributed by atoms with van der Waals surface area (Å²) in [7, 11) is 0. The van der Waals surface area contributed by atoms with E-state index >= 15 is 0 Å². The fraction of sp³-hybridized carbons (Fsp3) is 0.174. The zero-order valence-electron chi connectivity index (χ0n) is 15.8. The summed E-state index contributed by atoms with van der Waals surface area (Å²) in [5.74, 6) is 0. The molecule has 4 aromatic rings. The number of carbonyl (C=O) groups is 1. The lowest BCUT2D eigenvalue weighted by molar-refractivity contribution is 0.262. The van der Waals surface area contributed by atoms with E-state index in [9.17, 15) is 9.90 Å². The zero-order chi connectivity index (χ0) is 19.5. The van der Waals surface area contributed by atoms with Gasteiger partial charge in [0.15, 0.2) is 0 Å². The van der Waals surface area contributed by atoms with Crippen LogP contribution in [-0.4, -0.2) is 22.3 Å². The number of urea groups is 1. The molecular formula is C23H23N3O2. The van der Waals surface area contributed by atoms with Gasteiger partial charge in [0.1, 0.15) is 0 Å². The molecule has 0 saturated carbocycles. The number of amides is 2. The highest BCUT2D eigenvalue weighted by Crippen LogP contribution is 2.31. The van der Waals surface area contributed by atoms with Crippen LogP contribution in [0.1, 0.15) is 12.5 Å². The number of aliphatic hydroxyl groups is 1. The summed E-state index contributed by atoms with van der Waals surface area (Å²) >= 11 is 0. The molecule has 0 aliphatic carbocycles. The first-order valence-electron chi connectivity index (χ1n) is 9.49. The van der Waals surface area contributed by atoms with Crippen molar-refractivity contribution in [1.29, 1.82) is 0 Å². The summed E-state index contributed by atoms with van der Waals surface area (Å²) in [6.07, 6.45) is 0.499. The van der Waals surface area contributed by atoms with Crippen LogP contribution in [0.2, 0.25) is 0 Å². The van der Waals surface area contributed by atoms with Crippen molar-refractivity contribution in [2.24, 2.45) is 0 Å². The van der Waals surface area contributed by atoms with Gasteiger partial charge in [-0.25, -0.2) is 4.79 Å². The van der Waals surface area contributed by atoms with E-state index in [-0.39, 0.29) is 12.6 Å². The predicted octanol–water partition coefficient (Wildman–Crippen LogP) is 4.99. The summed E-state index contributed by atoms with van der Waals surface area (Å²) in [6.45, 7) is 3.06. The van der Waals surface area contributed by atoms with E-state index < -0.39 is 0 Å². The van der Waals surface area contributed by atoms with Crippen LogP contribution in [0.5, 0.6) is 0 Å². The summed E-state index contributed by atoms with van der Waals surface area (Å²) < 4.78 is 2.28. The molecule has 0 atom stereocenters. The third kappa shape index (κ3) is 3.32. The number of hydrogen-bond donors (Lipinski definition) is 3. The number of anilines is 2. The highest BCUT2D eigenvalue weighted by molar-refractivity contribution is 6.10. The van der Waals surface area contributed by atoms with Gasteiger partial charge in [-0.15, -0.1) is 0 Å². The molecule has 0 spiro atoms. The second kappa shape index (κ2) is 7.74. The number of carbonyl (C=O) groups excluding carboxylic acids is 1. The van der Waals surface area contributed by atoms with Gasteiger partial charge in [-0.05, 0) is 49.2 Å². The maximum absolute atomic E-state index is 12.5. The predicted molar refractivity (Wildman–Crippen MR) is 115 cm³/mol. The average molecular weight is 373 g/mol. The number of nitrogens with one attached hydrogen (secondary N) is 2. The minimum atomic E-state index is -0.302. The van der Waals surface area contributed by atoms with Crippen LogP contribution >= 0.6 is 0 Å². The van der Waals surface area contributed by atoms with Crippen molar-refractivity contribution in [1.82, 2.24) is 4.57 Å². The number of para-hydroxylation sites is 2. The standard InChI is InChI=1S/C23H23N3O2/c1-2-26-21-10-6-4-8-18(21)19-15-17(11-12-22(19)26)24-23(28)25-20-9-5-3-7-16(20)13-14-27/h3-12,15,27H,2,13-14H2,1H3,(H2,24,25,28). The third-order valence-electron chi connectivity index (χ3n) is 4.99. The molecule has 142 valence electrons. The number of benzene rings is 3. The zero-order valence-corrected chi connectivity index (χ0v) is 15.8. The van der Waals surface area contributed by atoms with Crippen LogP contribution in [0.25, 0.3) is 21.8 Å². The Morgan fingerprint density at radius 3 is 2.50 bits per heavy atom. The SMILES string of the molecule is CCn1c2ccccc2c2cc(NC(=O)Nc3ccccc3CCO)ccc21. The molecule has 2 amide bonds. The maximum Gasteiger partial charge on any atom is 0.323 e. The van der Waals surface area contributed by atoms with Crippen LogP contribution in [0.15, 0.2) is 66.7 Å². The molecule has 1 heterocycles. The van der Waals surface area contributed by atoms with Crippen LogP contribution in [0.3, 0.4) is 0 Å². The lowest BCUT2D eigenvalue weighted by Crippen LogP contribution is -2.20. The van der Waals surface area contributed by atoms with Gasteiger partial charge in [0.2, 0.25) is 0 Å². The van der Waals surface area contributed by atoms with Crippen LogP contribution in [0, 0.1) is 0 Å². The molecule has 0 bridgehead atoms. The van der Waals surface area contributed by atoms with Crippen molar-refractivity contribution >= 4 is 39.2 Å². The van der Waals surface area contributed by atoms with Gasteiger partial charge in [0.05, 0.1) is 0 Å². The van der Waals surface area contributed by atoms with Gasteiger partial charge in [-0.1, -0.05) is 36.4 Å². The number of rotatable bonds is 5. The highest BCUT2D eigenvalue weighted by Gasteiger charge is 2.11. The third-order valence-corrected chi connectivity index (χ3v) is 4.99. The first kappa shape index (κ1) is 18.1. The Hall–Kier alpha value is -3.31. The summed E-state index contributed by atoms with van der Waals surface area (Å²) in [5.41, 5.74) is 4.70. The van der Waals surface area contributed by atoms with Crippen LogP contribution in [-0.2, 0) is 13.0 Å². The molecule has 3 N–H and O–H groups in total. The number of aryl methyl sites for hydroxylation is 1. The Morgan fingerprint density at radius 2 is 1.68 bits per heavy atom. The summed E-state index contributed by atoms with van der Waals surface area (Å²) in [6, 6.07) is 21.5. The number of aromatic nitrogens is 1. The topological polar surface area (TPSA) is 66.3 Å². The number of fused-ring (bicyclic) bond motifs is 3. The summed E-state index contributed by atoms with van der Waals surface area (Å²) in [5, 5.41) is 17.3. The minimum Gasteiger partial charge on any atom is -0.396 e. The van der Waals surface area contributed by atoms with Crippen molar-refractivity contribution < 1.29 is 9.90 Å². The van der Waals surface area contributed by atoms with E-state index in [0.29, 0.717) is 12.1 Å². The van der Waals surface area contributed by atoms with E-state index in [1.54, 1.807) is 0 Å². The fourth-order valence-electron chi connectivity index (χ4n) is 3.74. The molecule has 4 rings (SSSR count). The van der Waals surface area contributed by atoms with Crippen molar-refractivity contribution in [2.45, 2.75) is 19.9 Å². The van der Waals surface area contributed by atoms with Gasteiger partial charge in [0, 0.05) is 46.3 Å². The van der Waals surface area contributed by atoms with E-state index in [1.165, 1.54) is 10.9 Å². The van der Waals surface area contributed by atoms with Crippen molar-refractivity contribution in [3.05, 3.63) is 72.3 Å². The Bertz CT molecular complexity index is 1150. The molecule has 0 aliphatic rings. The van der Waals surface area contributed by atoms with Gasteiger partial charge in [-0.3, -0.25) is 0 Å². The monoisotopic (exact) mass is 373 g/mol. The number of hydrogen-bond acceptors (Lipinski definition) is 2. The quantitative estimate of drug-likeness (QED) is 0.461. The second-order valence-electron chi connectivity index (χ2n) is 6.70. The van der Waals surface area contributed by atoms with E-state index in [2.05, 4.69) is 34.3 Å². The largest absolute Gasteiger partial charge is 0.396 e. The smallest absolute Gasteiger partial charge is 0.323 e. The molecule has 3 aromatic carbocycles. The van der Waals surface area contributed by atoms with Gasteiger partial charge in [0.25, 0.3) is 0 Å².